The van der Waals surface area contributed by atoms with Crippen molar-refractivity contribution in [3.63, 3.8) is 0 Å². The second-order valence-corrected chi connectivity index (χ2v) is 5.90. The highest BCUT2D eigenvalue weighted by Gasteiger charge is 2.34. The van der Waals surface area contributed by atoms with Gasteiger partial charge in [0.1, 0.15) is 6.10 Å². The van der Waals surface area contributed by atoms with Crippen LogP contribution in [0.1, 0.15) is 6.92 Å². The molecule has 2 N–H and O–H groups in total. The molecule has 3 rings (SSSR count). The van der Waals surface area contributed by atoms with Crippen molar-refractivity contribution in [1.29, 1.82) is 0 Å². The summed E-state index contributed by atoms with van der Waals surface area (Å²) < 4.78 is 12.8. The molecule has 0 saturated carbocycles. The first-order valence-electron chi connectivity index (χ1n) is 8.08. The lowest BCUT2D eigenvalue weighted by Gasteiger charge is -2.31. The highest BCUT2D eigenvalue weighted by Crippen LogP contribution is 2.33. The standard InChI is InChI=1S/C18H20N2O5/c1-12-17(25-15-7-3-2-6-14(15)24-12)18(23)19-10-13(21)11-20-9-5-4-8-16(20)22/h2-9,12-13,17,21H,10-11H2,1H3,(H,19,23). The van der Waals surface area contributed by atoms with E-state index in [0.717, 1.165) is 0 Å². The number of nitrogens with one attached hydrogen (secondary N) is 1. The fourth-order valence-electron chi connectivity index (χ4n) is 2.63. The number of carbonyl (C=O) groups excluding carboxylic acids is 1. The molecule has 1 amide bonds. The molecule has 7 heteroatoms. The summed E-state index contributed by atoms with van der Waals surface area (Å²) in [6, 6.07) is 11.9. The number of carbonyl (C=O) groups is 1. The van der Waals surface area contributed by atoms with Crippen molar-refractivity contribution in [2.24, 2.45) is 0 Å². The van der Waals surface area contributed by atoms with E-state index < -0.39 is 18.3 Å². The lowest BCUT2D eigenvalue weighted by Crippen LogP contribution is -2.50. The second-order valence-electron chi connectivity index (χ2n) is 5.90. The molecule has 0 spiro atoms. The summed E-state index contributed by atoms with van der Waals surface area (Å²) in [5, 5.41) is 12.7. The number of nitrogens with zero attached hydrogens (tertiary/aromatic N) is 1. The van der Waals surface area contributed by atoms with E-state index >= 15 is 0 Å². The third-order valence-electron chi connectivity index (χ3n) is 3.92. The van der Waals surface area contributed by atoms with Crippen LogP contribution in [0.5, 0.6) is 11.5 Å². The number of pyridine rings is 1. The first-order chi connectivity index (χ1) is 12.0. The Hall–Kier alpha value is -2.80. The number of fused-ring (bicyclic) bond motifs is 1. The van der Waals surface area contributed by atoms with Gasteiger partial charge in [-0.2, -0.15) is 0 Å². The highest BCUT2D eigenvalue weighted by molar-refractivity contribution is 5.82. The summed E-state index contributed by atoms with van der Waals surface area (Å²) in [4.78, 5) is 24.0. The molecule has 0 saturated heterocycles. The Labute approximate surface area is 144 Å². The van der Waals surface area contributed by atoms with E-state index in [1.54, 1.807) is 43.5 Å². The van der Waals surface area contributed by atoms with Gasteiger partial charge in [0.05, 0.1) is 12.6 Å². The summed E-state index contributed by atoms with van der Waals surface area (Å²) in [6.45, 7) is 1.86. The Morgan fingerprint density at radius 2 is 1.88 bits per heavy atom. The Bertz CT molecular complexity index is 804. The van der Waals surface area contributed by atoms with E-state index in [1.807, 2.05) is 6.07 Å². The van der Waals surface area contributed by atoms with E-state index in [9.17, 15) is 14.7 Å². The zero-order valence-electron chi connectivity index (χ0n) is 13.8. The topological polar surface area (TPSA) is 89.8 Å². The molecule has 3 unspecified atom stereocenters. The van der Waals surface area contributed by atoms with Gasteiger partial charge in [-0.1, -0.05) is 18.2 Å². The molecule has 2 heterocycles. The van der Waals surface area contributed by atoms with Gasteiger partial charge in [0.15, 0.2) is 11.5 Å². The average molecular weight is 344 g/mol. The smallest absolute Gasteiger partial charge is 0.265 e. The van der Waals surface area contributed by atoms with Crippen LogP contribution >= 0.6 is 0 Å². The van der Waals surface area contributed by atoms with Gasteiger partial charge in [-0.25, -0.2) is 0 Å². The van der Waals surface area contributed by atoms with Crippen LogP contribution in [-0.2, 0) is 11.3 Å². The summed E-state index contributed by atoms with van der Waals surface area (Å²) in [5.41, 5.74) is -0.206. The molecule has 3 atom stereocenters. The Morgan fingerprint density at radius 3 is 2.60 bits per heavy atom. The molecule has 2 aromatic rings. The molecule has 25 heavy (non-hydrogen) atoms. The SMILES string of the molecule is CC1Oc2ccccc2OC1C(=O)NCC(O)Cn1ccccc1=O. The quantitative estimate of drug-likeness (QED) is 0.827. The number of aliphatic hydroxyl groups excluding tert-OH is 1. The van der Waals surface area contributed by atoms with Gasteiger partial charge in [0.25, 0.3) is 11.5 Å². The predicted octanol–water partition coefficient (Wildman–Crippen LogP) is 0.554. The van der Waals surface area contributed by atoms with Crippen molar-refractivity contribution in [2.75, 3.05) is 6.54 Å². The molecular formula is C18H20N2O5. The van der Waals surface area contributed by atoms with E-state index in [4.69, 9.17) is 9.47 Å². The lowest BCUT2D eigenvalue weighted by molar-refractivity contribution is -0.133. The van der Waals surface area contributed by atoms with E-state index in [2.05, 4.69) is 5.32 Å². The zero-order valence-corrected chi connectivity index (χ0v) is 13.8. The van der Waals surface area contributed by atoms with Crippen molar-refractivity contribution in [3.8, 4) is 11.5 Å². The third kappa shape index (κ3) is 4.00. The van der Waals surface area contributed by atoms with Crippen molar-refractivity contribution in [2.45, 2.75) is 31.8 Å². The first kappa shape index (κ1) is 17.0. The molecule has 132 valence electrons. The monoisotopic (exact) mass is 344 g/mol. The number of amides is 1. The summed E-state index contributed by atoms with van der Waals surface area (Å²) in [6.07, 6.45) is -0.564. The number of hydrogen-bond acceptors (Lipinski definition) is 5. The number of aromatic nitrogens is 1. The summed E-state index contributed by atoms with van der Waals surface area (Å²) >= 11 is 0. The maximum absolute atomic E-state index is 12.3. The Kier molecular flexibility index (Phi) is 5.04. The van der Waals surface area contributed by atoms with Gasteiger partial charge in [0.2, 0.25) is 6.10 Å². The maximum atomic E-state index is 12.3. The normalized spacial score (nSPS) is 19.9. The van der Waals surface area contributed by atoms with Crippen LogP contribution in [0.2, 0.25) is 0 Å². The van der Waals surface area contributed by atoms with Crippen molar-refractivity contribution >= 4 is 5.91 Å². The average Bonchev–Trinajstić information content (AvgIpc) is 2.61. The predicted molar refractivity (Wildman–Crippen MR) is 90.7 cm³/mol. The fraction of sp³-hybridized carbons (Fsp3) is 0.333. The largest absolute Gasteiger partial charge is 0.482 e. The van der Waals surface area contributed by atoms with Gasteiger partial charge in [0, 0.05) is 18.8 Å². The third-order valence-corrected chi connectivity index (χ3v) is 3.92. The molecule has 1 aromatic heterocycles. The Morgan fingerprint density at radius 1 is 1.20 bits per heavy atom. The number of hydrogen-bond donors (Lipinski definition) is 2. The van der Waals surface area contributed by atoms with Crippen LogP contribution in [0.4, 0.5) is 0 Å². The zero-order chi connectivity index (χ0) is 17.8. The summed E-state index contributed by atoms with van der Waals surface area (Å²) in [7, 11) is 0. The van der Waals surface area contributed by atoms with Crippen LogP contribution in [0.25, 0.3) is 0 Å². The van der Waals surface area contributed by atoms with Crippen molar-refractivity contribution in [3.05, 3.63) is 59.0 Å². The van der Waals surface area contributed by atoms with Gasteiger partial charge in [-0.3, -0.25) is 9.59 Å². The highest BCUT2D eigenvalue weighted by atomic mass is 16.6. The summed E-state index contributed by atoms with van der Waals surface area (Å²) in [5.74, 6) is 0.737. The molecule has 7 nitrogen and oxygen atoms in total. The van der Waals surface area contributed by atoms with Gasteiger partial charge in [-0.05, 0) is 25.1 Å². The van der Waals surface area contributed by atoms with Crippen LogP contribution in [0, 0.1) is 0 Å². The minimum Gasteiger partial charge on any atom is -0.482 e. The molecule has 0 fully saturated rings. The van der Waals surface area contributed by atoms with Gasteiger partial charge < -0.3 is 24.5 Å². The van der Waals surface area contributed by atoms with Gasteiger partial charge >= 0.3 is 0 Å². The molecule has 0 bridgehead atoms. The van der Waals surface area contributed by atoms with Crippen LogP contribution in [-0.4, -0.2) is 40.4 Å². The molecule has 1 aliphatic rings. The van der Waals surface area contributed by atoms with Gasteiger partial charge in [-0.15, -0.1) is 0 Å². The van der Waals surface area contributed by atoms with Crippen molar-refractivity contribution < 1.29 is 19.4 Å². The Balaban J connectivity index is 1.56. The van der Waals surface area contributed by atoms with Crippen LogP contribution < -0.4 is 20.3 Å². The van der Waals surface area contributed by atoms with E-state index in [-0.39, 0.29) is 24.6 Å². The molecular weight excluding hydrogens is 324 g/mol. The number of aliphatic hydroxyl groups is 1. The number of rotatable bonds is 5. The number of benzene rings is 1. The van der Waals surface area contributed by atoms with Crippen LogP contribution in [0.15, 0.2) is 53.5 Å². The second kappa shape index (κ2) is 7.40. The maximum Gasteiger partial charge on any atom is 0.265 e. The minimum atomic E-state index is -0.892. The minimum absolute atomic E-state index is 0.00833. The van der Waals surface area contributed by atoms with E-state index in [1.165, 1.54) is 10.6 Å². The van der Waals surface area contributed by atoms with Crippen LogP contribution in [0.3, 0.4) is 0 Å². The number of ether oxygens (including phenoxy) is 2. The lowest BCUT2D eigenvalue weighted by atomic mass is 10.1. The molecule has 0 radical (unpaired) electrons. The molecule has 1 aromatic carbocycles. The first-order valence-corrected chi connectivity index (χ1v) is 8.08. The van der Waals surface area contributed by atoms with Crippen molar-refractivity contribution in [1.82, 2.24) is 9.88 Å². The number of para-hydroxylation sites is 2. The molecule has 0 aliphatic carbocycles. The molecule has 1 aliphatic heterocycles. The van der Waals surface area contributed by atoms with E-state index in [0.29, 0.717) is 11.5 Å². The fourth-order valence-corrected chi connectivity index (χ4v) is 2.63.